The maximum absolute atomic E-state index is 12.4. The van der Waals surface area contributed by atoms with Crippen LogP contribution in [0, 0.1) is 23.2 Å². The molecule has 0 radical (unpaired) electrons. The predicted octanol–water partition coefficient (Wildman–Crippen LogP) is 1.49. The second-order valence-electron chi connectivity index (χ2n) is 6.70. The molecule has 0 amide bonds. The molecular formula is C15H18O4. The lowest BCUT2D eigenvalue weighted by molar-refractivity contribution is -0.153. The lowest BCUT2D eigenvalue weighted by Crippen LogP contribution is -2.46. The number of hydrogen-bond acceptors (Lipinski definition) is 4. The van der Waals surface area contributed by atoms with E-state index in [0.717, 1.165) is 12.8 Å². The van der Waals surface area contributed by atoms with E-state index in [9.17, 15) is 9.59 Å². The summed E-state index contributed by atoms with van der Waals surface area (Å²) >= 11 is 0. The Labute approximate surface area is 112 Å². The monoisotopic (exact) mass is 262 g/mol. The summed E-state index contributed by atoms with van der Waals surface area (Å²) in [4.78, 5) is 24.5. The molecule has 3 fully saturated rings. The van der Waals surface area contributed by atoms with E-state index in [4.69, 9.17) is 9.47 Å². The van der Waals surface area contributed by atoms with Crippen LogP contribution in [0.1, 0.15) is 26.7 Å². The number of carbonyl (C=O) groups is 2. The number of esters is 1. The number of ether oxygens (including phenoxy) is 2. The van der Waals surface area contributed by atoms with Gasteiger partial charge in [-0.3, -0.25) is 4.79 Å². The molecule has 2 heterocycles. The van der Waals surface area contributed by atoms with E-state index in [1.807, 2.05) is 13.0 Å². The van der Waals surface area contributed by atoms with Gasteiger partial charge in [0.05, 0.1) is 12.0 Å². The molecule has 0 bridgehead atoms. The fourth-order valence-electron chi connectivity index (χ4n) is 4.50. The van der Waals surface area contributed by atoms with Crippen molar-refractivity contribution in [1.29, 1.82) is 0 Å². The van der Waals surface area contributed by atoms with Gasteiger partial charge in [0.25, 0.3) is 0 Å². The van der Waals surface area contributed by atoms with Crippen LogP contribution in [0.2, 0.25) is 0 Å². The van der Waals surface area contributed by atoms with Crippen LogP contribution in [-0.2, 0) is 19.1 Å². The Bertz CT molecular complexity index is 504. The largest absolute Gasteiger partial charge is 0.459 e. The summed E-state index contributed by atoms with van der Waals surface area (Å²) < 4.78 is 11.1. The lowest BCUT2D eigenvalue weighted by atomic mass is 9.67. The molecule has 102 valence electrons. The van der Waals surface area contributed by atoms with Crippen LogP contribution < -0.4 is 0 Å². The molecule has 2 saturated heterocycles. The summed E-state index contributed by atoms with van der Waals surface area (Å²) in [5, 5.41) is 0. The average Bonchev–Trinajstić information content (AvgIpc) is 3.06. The molecule has 1 spiro atoms. The third kappa shape index (κ3) is 1.19. The van der Waals surface area contributed by atoms with E-state index in [0.29, 0.717) is 12.5 Å². The fourth-order valence-corrected chi connectivity index (χ4v) is 4.50. The lowest BCUT2D eigenvalue weighted by Gasteiger charge is -2.36. The van der Waals surface area contributed by atoms with E-state index in [-0.39, 0.29) is 29.7 Å². The Kier molecular flexibility index (Phi) is 2.02. The van der Waals surface area contributed by atoms with Gasteiger partial charge in [0.2, 0.25) is 0 Å². The van der Waals surface area contributed by atoms with E-state index >= 15 is 0 Å². The number of epoxide rings is 1. The van der Waals surface area contributed by atoms with Gasteiger partial charge in [-0.25, -0.2) is 4.79 Å². The average molecular weight is 262 g/mol. The summed E-state index contributed by atoms with van der Waals surface area (Å²) in [6.45, 7) is 4.62. The SMILES string of the molecule is C[C@H]1CC[C@@H]2[C@@H](OC(=O)C23CO3)[C@]2(C)C(=O)C=C[C@@H]12. The van der Waals surface area contributed by atoms with Crippen molar-refractivity contribution in [3.05, 3.63) is 12.2 Å². The van der Waals surface area contributed by atoms with Crippen LogP contribution in [0.4, 0.5) is 0 Å². The predicted molar refractivity (Wildman–Crippen MR) is 66.2 cm³/mol. The summed E-state index contributed by atoms with van der Waals surface area (Å²) in [6.07, 6.45) is 5.30. The Morgan fingerprint density at radius 1 is 1.32 bits per heavy atom. The molecule has 4 rings (SSSR count). The second kappa shape index (κ2) is 3.29. The summed E-state index contributed by atoms with van der Waals surface area (Å²) in [5.41, 5.74) is -1.31. The first-order valence-electron chi connectivity index (χ1n) is 7.08. The molecule has 2 aliphatic carbocycles. The molecule has 6 atom stereocenters. The van der Waals surface area contributed by atoms with Crippen molar-refractivity contribution < 1.29 is 19.1 Å². The highest BCUT2D eigenvalue weighted by atomic mass is 16.7. The van der Waals surface area contributed by atoms with Gasteiger partial charge in [-0.2, -0.15) is 0 Å². The van der Waals surface area contributed by atoms with Gasteiger partial charge >= 0.3 is 5.97 Å². The van der Waals surface area contributed by atoms with Gasteiger partial charge in [-0.05, 0) is 37.7 Å². The maximum atomic E-state index is 12.4. The minimum absolute atomic E-state index is 0.0429. The first kappa shape index (κ1) is 11.6. The van der Waals surface area contributed by atoms with E-state index in [1.54, 1.807) is 6.08 Å². The van der Waals surface area contributed by atoms with Crippen LogP contribution in [0.25, 0.3) is 0 Å². The van der Waals surface area contributed by atoms with Crippen molar-refractivity contribution in [1.82, 2.24) is 0 Å². The maximum Gasteiger partial charge on any atom is 0.341 e. The van der Waals surface area contributed by atoms with Gasteiger partial charge in [-0.15, -0.1) is 0 Å². The molecule has 19 heavy (non-hydrogen) atoms. The quantitative estimate of drug-likeness (QED) is 0.490. The number of allylic oxidation sites excluding steroid dienone is 2. The van der Waals surface area contributed by atoms with Gasteiger partial charge in [0, 0.05) is 5.92 Å². The van der Waals surface area contributed by atoms with Crippen LogP contribution >= 0.6 is 0 Å². The Morgan fingerprint density at radius 3 is 2.74 bits per heavy atom. The smallest absolute Gasteiger partial charge is 0.341 e. The highest BCUT2D eigenvalue weighted by Crippen LogP contribution is 2.59. The molecule has 0 aromatic heterocycles. The first-order valence-corrected chi connectivity index (χ1v) is 7.08. The highest BCUT2D eigenvalue weighted by molar-refractivity contribution is 5.99. The van der Waals surface area contributed by atoms with Crippen LogP contribution in [0.3, 0.4) is 0 Å². The molecule has 4 aliphatic rings. The summed E-state index contributed by atoms with van der Waals surface area (Å²) in [5.74, 6) is 0.509. The second-order valence-corrected chi connectivity index (χ2v) is 6.70. The molecule has 1 unspecified atom stereocenters. The third-order valence-electron chi connectivity index (χ3n) is 5.81. The van der Waals surface area contributed by atoms with Crippen molar-refractivity contribution in [2.45, 2.75) is 38.4 Å². The van der Waals surface area contributed by atoms with Crippen molar-refractivity contribution in [3.63, 3.8) is 0 Å². The van der Waals surface area contributed by atoms with Gasteiger partial charge < -0.3 is 9.47 Å². The van der Waals surface area contributed by atoms with Crippen molar-refractivity contribution in [3.8, 4) is 0 Å². The summed E-state index contributed by atoms with van der Waals surface area (Å²) in [7, 11) is 0. The van der Waals surface area contributed by atoms with Crippen molar-refractivity contribution in [2.24, 2.45) is 23.2 Å². The molecule has 4 heteroatoms. The number of fused-ring (bicyclic) bond motifs is 4. The zero-order valence-corrected chi connectivity index (χ0v) is 11.2. The standard InChI is InChI=1S/C15H18O4/c1-8-3-4-10-12(19-13(17)15(10)7-18-15)14(2)9(8)5-6-11(14)16/h5-6,8-10,12H,3-4,7H2,1-2H3/t8-,9-,10+,12+,14-,15?/m0/s1. The molecule has 0 aromatic rings. The minimum Gasteiger partial charge on any atom is -0.459 e. The van der Waals surface area contributed by atoms with E-state index in [1.165, 1.54) is 0 Å². The number of hydrogen-bond donors (Lipinski definition) is 0. The Hall–Kier alpha value is -1.16. The minimum atomic E-state index is -0.717. The third-order valence-corrected chi connectivity index (χ3v) is 5.81. The zero-order chi connectivity index (χ0) is 13.4. The molecule has 0 N–H and O–H groups in total. The molecule has 2 aliphatic heterocycles. The molecule has 4 nitrogen and oxygen atoms in total. The first-order chi connectivity index (χ1) is 9.00. The topological polar surface area (TPSA) is 55.9 Å². The number of rotatable bonds is 0. The highest BCUT2D eigenvalue weighted by Gasteiger charge is 2.72. The Balaban J connectivity index is 1.82. The van der Waals surface area contributed by atoms with Gasteiger partial charge in [0.1, 0.15) is 6.10 Å². The van der Waals surface area contributed by atoms with E-state index < -0.39 is 11.0 Å². The zero-order valence-electron chi connectivity index (χ0n) is 11.2. The van der Waals surface area contributed by atoms with Crippen LogP contribution in [0.15, 0.2) is 12.2 Å². The van der Waals surface area contributed by atoms with Crippen molar-refractivity contribution >= 4 is 11.8 Å². The summed E-state index contributed by atoms with van der Waals surface area (Å²) in [6, 6.07) is 0. The number of carbonyl (C=O) groups excluding carboxylic acids is 2. The fraction of sp³-hybridized carbons (Fsp3) is 0.733. The normalized spacial score (nSPS) is 54.8. The van der Waals surface area contributed by atoms with Gasteiger partial charge in [-0.1, -0.05) is 13.0 Å². The van der Waals surface area contributed by atoms with E-state index in [2.05, 4.69) is 6.92 Å². The molecule has 1 saturated carbocycles. The Morgan fingerprint density at radius 2 is 2.05 bits per heavy atom. The number of ketones is 1. The molecule has 0 aromatic carbocycles. The van der Waals surface area contributed by atoms with Gasteiger partial charge in [0.15, 0.2) is 11.4 Å². The van der Waals surface area contributed by atoms with Crippen molar-refractivity contribution in [2.75, 3.05) is 6.61 Å². The molecular weight excluding hydrogens is 244 g/mol. The van der Waals surface area contributed by atoms with Crippen LogP contribution in [-0.4, -0.2) is 30.1 Å². The van der Waals surface area contributed by atoms with Crippen LogP contribution in [0.5, 0.6) is 0 Å².